The summed E-state index contributed by atoms with van der Waals surface area (Å²) in [7, 11) is 0. The first-order valence-electron chi connectivity index (χ1n) is 6.83. The molecular formula is C17H16N4OU. The number of nitrogens with one attached hydrogen (secondary N) is 1. The molecule has 23 heavy (non-hydrogen) atoms. The zero-order chi connectivity index (χ0) is 15.8. The Kier molecular flexibility index (Phi) is 8.31. The zero-order valence-corrected chi connectivity index (χ0v) is 16.7. The predicted octanol–water partition coefficient (Wildman–Crippen LogP) is 1.74. The first-order chi connectivity index (χ1) is 10.6. The maximum Gasteiger partial charge on any atom is 2.00 e. The van der Waals surface area contributed by atoms with Crippen LogP contribution in [0.15, 0.2) is 54.9 Å². The number of rotatable bonds is 6. The average Bonchev–Trinajstić information content (AvgIpc) is 2.53. The van der Waals surface area contributed by atoms with Crippen LogP contribution in [-0.4, -0.2) is 23.1 Å². The number of nitrogens with two attached hydrogens (primary N) is 1. The van der Waals surface area contributed by atoms with Gasteiger partial charge < -0.3 is 16.5 Å². The van der Waals surface area contributed by atoms with Crippen LogP contribution in [0.5, 0.6) is 0 Å². The topological polar surface area (TPSA) is 90.3 Å². The molecule has 1 aromatic carbocycles. The van der Waals surface area contributed by atoms with Gasteiger partial charge in [0.05, 0.1) is 0 Å². The van der Waals surface area contributed by atoms with E-state index in [1.54, 1.807) is 36.7 Å². The van der Waals surface area contributed by atoms with Crippen LogP contribution in [0.2, 0.25) is 0 Å². The van der Waals surface area contributed by atoms with Gasteiger partial charge in [0.1, 0.15) is 0 Å². The molecule has 6 heteroatoms. The quantitative estimate of drug-likeness (QED) is 0.339. The Hall–Kier alpha value is -1.90. The van der Waals surface area contributed by atoms with Gasteiger partial charge >= 0.3 is 31.1 Å². The Morgan fingerprint density at radius 2 is 2.17 bits per heavy atom. The number of hydrogen-bond acceptors (Lipinski definition) is 3. The molecule has 0 fully saturated rings. The van der Waals surface area contributed by atoms with E-state index in [1.807, 2.05) is 12.1 Å². The molecule has 0 aliphatic carbocycles. The molecule has 0 saturated heterocycles. The van der Waals surface area contributed by atoms with Crippen LogP contribution >= 0.6 is 0 Å². The smallest absolute Gasteiger partial charge is 0.851 e. The molecule has 2 rings (SSSR count). The third-order valence-electron chi connectivity index (χ3n) is 2.92. The van der Waals surface area contributed by atoms with E-state index >= 15 is 0 Å². The van der Waals surface area contributed by atoms with Crippen molar-refractivity contribution in [1.82, 2.24) is 10.3 Å². The van der Waals surface area contributed by atoms with Gasteiger partial charge in [0.25, 0.3) is 0 Å². The van der Waals surface area contributed by atoms with Crippen LogP contribution in [0.25, 0.3) is 5.41 Å². The largest absolute Gasteiger partial charge is 2.00 e. The van der Waals surface area contributed by atoms with Crippen LogP contribution < -0.4 is 11.1 Å². The molecule has 1 aromatic heterocycles. The van der Waals surface area contributed by atoms with Gasteiger partial charge in [-0.15, -0.1) is 29.8 Å². The van der Waals surface area contributed by atoms with E-state index in [0.29, 0.717) is 24.2 Å². The number of nitrogen functional groups attached to an aromatic ring is 1. The number of anilines is 1. The van der Waals surface area contributed by atoms with Crippen molar-refractivity contribution in [2.75, 3.05) is 12.3 Å². The molecule has 0 aliphatic rings. The molecule has 0 bridgehead atoms. The monoisotopic (exact) mass is 530 g/mol. The Bertz CT molecular complexity index is 686. The van der Waals surface area contributed by atoms with Crippen molar-refractivity contribution in [3.8, 4) is 0 Å². The molecule has 0 unspecified atom stereocenters. The predicted molar refractivity (Wildman–Crippen MR) is 87.1 cm³/mol. The summed E-state index contributed by atoms with van der Waals surface area (Å²) < 4.78 is 0. The number of benzene rings is 1. The Morgan fingerprint density at radius 1 is 1.35 bits per heavy atom. The molecule has 2 aromatic rings. The summed E-state index contributed by atoms with van der Waals surface area (Å²) >= 11 is 0. The first-order valence-corrected chi connectivity index (χ1v) is 6.83. The van der Waals surface area contributed by atoms with Crippen LogP contribution in [0.4, 0.5) is 5.69 Å². The minimum absolute atomic E-state index is 0. The third-order valence-corrected chi connectivity index (χ3v) is 2.92. The van der Waals surface area contributed by atoms with Crippen molar-refractivity contribution in [2.24, 2.45) is 0 Å². The molecule has 0 aliphatic heterocycles. The van der Waals surface area contributed by atoms with Gasteiger partial charge in [-0.2, -0.15) is 11.8 Å². The molecule has 114 valence electrons. The Balaban J connectivity index is 0.00000264. The Morgan fingerprint density at radius 3 is 2.87 bits per heavy atom. The van der Waals surface area contributed by atoms with Gasteiger partial charge in [-0.05, 0) is 23.7 Å². The van der Waals surface area contributed by atoms with Crippen molar-refractivity contribution >= 4 is 17.3 Å². The number of pyridine rings is 1. The molecule has 0 radical (unpaired) electrons. The molecule has 0 saturated carbocycles. The summed E-state index contributed by atoms with van der Waals surface area (Å²) in [5.41, 5.74) is 7.55. The average molecular weight is 530 g/mol. The second-order valence-corrected chi connectivity index (χ2v) is 4.67. The number of carbonyl (C=O) groups excluding carboxylic acids is 1. The molecule has 1 heterocycles. The van der Waals surface area contributed by atoms with Gasteiger partial charge in [-0.1, -0.05) is 12.1 Å². The van der Waals surface area contributed by atoms with Crippen LogP contribution in [0, 0.1) is 37.2 Å². The van der Waals surface area contributed by atoms with Crippen LogP contribution in [0.3, 0.4) is 0 Å². The van der Waals surface area contributed by atoms with Crippen molar-refractivity contribution in [1.29, 1.82) is 0 Å². The SMILES string of the molecule is [N-]=C(C=[C-]c1cccc(N)c1)C(=O)NCCc1cccnc1.[U+2]. The summed E-state index contributed by atoms with van der Waals surface area (Å²) in [6.07, 6.45) is 8.12. The summed E-state index contributed by atoms with van der Waals surface area (Å²) in [5.74, 6) is -0.541. The van der Waals surface area contributed by atoms with Crippen LogP contribution in [0.1, 0.15) is 11.1 Å². The van der Waals surface area contributed by atoms with E-state index in [4.69, 9.17) is 5.73 Å². The Labute approximate surface area is 159 Å². The molecule has 1 amide bonds. The van der Waals surface area contributed by atoms with E-state index in [2.05, 4.69) is 16.4 Å². The van der Waals surface area contributed by atoms with E-state index in [1.165, 1.54) is 6.08 Å². The fraction of sp³-hybridized carbons (Fsp3) is 0.118. The summed E-state index contributed by atoms with van der Waals surface area (Å²) in [6, 6.07) is 10.8. The molecule has 0 spiro atoms. The third kappa shape index (κ3) is 6.81. The van der Waals surface area contributed by atoms with E-state index in [-0.39, 0.29) is 31.1 Å². The van der Waals surface area contributed by atoms with E-state index in [0.717, 1.165) is 5.56 Å². The standard InChI is InChI=1S/C17H16N4O.U/c18-15-5-1-3-13(11-15)6-7-16(19)17(22)21-10-8-14-4-2-9-20-12-14;/h1-5,7,9,11-12H,8,10,18H2,(H,21,22);/q-2;+2. The van der Waals surface area contributed by atoms with Crippen LogP contribution in [-0.2, 0) is 11.2 Å². The van der Waals surface area contributed by atoms with E-state index in [9.17, 15) is 10.2 Å². The first kappa shape index (κ1) is 19.1. The van der Waals surface area contributed by atoms with Crippen molar-refractivity contribution in [3.05, 3.63) is 77.5 Å². The number of aromatic nitrogens is 1. The fourth-order valence-electron chi connectivity index (χ4n) is 1.80. The number of carbonyl (C=O) groups is 1. The van der Waals surface area contributed by atoms with Crippen molar-refractivity contribution in [3.63, 3.8) is 0 Å². The summed E-state index contributed by atoms with van der Waals surface area (Å²) in [6.45, 7) is 0.417. The van der Waals surface area contributed by atoms with Gasteiger partial charge in [0.2, 0.25) is 0 Å². The number of nitrogens with zero attached hydrogens (tertiary/aromatic N) is 2. The van der Waals surface area contributed by atoms with Gasteiger partial charge in [-0.3, -0.25) is 9.78 Å². The molecular weight excluding hydrogens is 514 g/mol. The maximum absolute atomic E-state index is 11.7. The molecule has 0 atom stereocenters. The van der Waals surface area contributed by atoms with Gasteiger partial charge in [0, 0.05) is 18.9 Å². The fourth-order valence-corrected chi connectivity index (χ4v) is 1.80. The van der Waals surface area contributed by atoms with Gasteiger partial charge in [0.15, 0.2) is 5.91 Å². The van der Waals surface area contributed by atoms with E-state index < -0.39 is 11.6 Å². The minimum atomic E-state index is -0.541. The molecule has 5 nitrogen and oxygen atoms in total. The zero-order valence-electron chi connectivity index (χ0n) is 12.5. The van der Waals surface area contributed by atoms with Crippen molar-refractivity contribution < 1.29 is 35.9 Å². The van der Waals surface area contributed by atoms with Crippen molar-refractivity contribution in [2.45, 2.75) is 6.42 Å². The van der Waals surface area contributed by atoms with Gasteiger partial charge in [-0.25, -0.2) is 0 Å². The summed E-state index contributed by atoms with van der Waals surface area (Å²) in [5, 5.41) is 12.3. The number of amides is 1. The normalized spacial score (nSPS) is 10.1. The second kappa shape index (κ2) is 9.99. The number of hydrogen-bond donors (Lipinski definition) is 2. The molecule has 3 N–H and O–H groups in total. The maximum atomic E-state index is 11.7. The summed E-state index contributed by atoms with van der Waals surface area (Å²) in [4.78, 5) is 15.7. The minimum Gasteiger partial charge on any atom is -0.851 e. The second-order valence-electron chi connectivity index (χ2n) is 4.67.